The molecule has 3 aromatic rings. The van der Waals surface area contributed by atoms with Crippen molar-refractivity contribution in [3.05, 3.63) is 50.6 Å². The Morgan fingerprint density at radius 2 is 2.00 bits per heavy atom. The van der Waals surface area contributed by atoms with Crippen molar-refractivity contribution in [3.8, 4) is 0 Å². The first kappa shape index (κ1) is 20.1. The van der Waals surface area contributed by atoms with Crippen LogP contribution in [0.2, 0.25) is 0 Å². The van der Waals surface area contributed by atoms with Crippen molar-refractivity contribution < 1.29 is 4.79 Å². The van der Waals surface area contributed by atoms with E-state index in [0.29, 0.717) is 31.1 Å². The van der Waals surface area contributed by atoms with Gasteiger partial charge in [0.2, 0.25) is 0 Å². The van der Waals surface area contributed by atoms with Gasteiger partial charge in [0.05, 0.1) is 10.3 Å². The van der Waals surface area contributed by atoms with Crippen LogP contribution in [0.5, 0.6) is 0 Å². The lowest BCUT2D eigenvalue weighted by atomic mass is 10.1. The Kier molecular flexibility index (Phi) is 5.76. The van der Waals surface area contributed by atoms with Gasteiger partial charge >= 0.3 is 0 Å². The van der Waals surface area contributed by atoms with E-state index >= 15 is 0 Å². The Hall–Kier alpha value is -2.16. The summed E-state index contributed by atoms with van der Waals surface area (Å²) in [5.41, 5.74) is 2.27. The smallest absolute Gasteiger partial charge is 0.266 e. The SMILES string of the molecule is Cc1ccccc1NC(=O)c1sc2nc(SC3CCN(C)CC3)[nH]c(=O)c2c1C. The van der Waals surface area contributed by atoms with E-state index in [1.807, 2.05) is 38.1 Å². The van der Waals surface area contributed by atoms with Gasteiger partial charge in [0.1, 0.15) is 4.83 Å². The molecule has 0 saturated carbocycles. The molecule has 3 heterocycles. The summed E-state index contributed by atoms with van der Waals surface area (Å²) >= 11 is 2.92. The number of hydrogen-bond acceptors (Lipinski definition) is 6. The highest BCUT2D eigenvalue weighted by atomic mass is 32.2. The van der Waals surface area contributed by atoms with Crippen molar-refractivity contribution in [2.45, 2.75) is 37.1 Å². The molecule has 1 aliphatic rings. The monoisotopic (exact) mass is 428 g/mol. The zero-order valence-corrected chi connectivity index (χ0v) is 18.4. The third-order valence-corrected chi connectivity index (χ3v) is 7.73. The van der Waals surface area contributed by atoms with E-state index < -0.39 is 0 Å². The number of thioether (sulfide) groups is 1. The summed E-state index contributed by atoms with van der Waals surface area (Å²) in [4.78, 5) is 36.6. The van der Waals surface area contributed by atoms with Gasteiger partial charge in [0, 0.05) is 10.9 Å². The van der Waals surface area contributed by atoms with Crippen molar-refractivity contribution in [3.63, 3.8) is 0 Å². The van der Waals surface area contributed by atoms with Gasteiger partial charge in [-0.2, -0.15) is 0 Å². The molecule has 2 N–H and O–H groups in total. The van der Waals surface area contributed by atoms with Crippen LogP contribution in [-0.4, -0.2) is 46.2 Å². The van der Waals surface area contributed by atoms with Crippen molar-refractivity contribution in [2.75, 3.05) is 25.5 Å². The number of aromatic amines is 1. The van der Waals surface area contributed by atoms with Crippen LogP contribution in [0, 0.1) is 13.8 Å². The summed E-state index contributed by atoms with van der Waals surface area (Å²) in [7, 11) is 2.13. The van der Waals surface area contributed by atoms with Crippen molar-refractivity contribution in [2.24, 2.45) is 0 Å². The molecule has 4 rings (SSSR count). The molecule has 152 valence electrons. The third-order valence-electron chi connectivity index (χ3n) is 5.32. The largest absolute Gasteiger partial charge is 0.321 e. The van der Waals surface area contributed by atoms with Gasteiger partial charge in [-0.3, -0.25) is 9.59 Å². The average Bonchev–Trinajstić information content (AvgIpc) is 3.02. The molecule has 29 heavy (non-hydrogen) atoms. The molecular formula is C21H24N4O2S2. The summed E-state index contributed by atoms with van der Waals surface area (Å²) in [6.07, 6.45) is 2.16. The lowest BCUT2D eigenvalue weighted by Crippen LogP contribution is -2.31. The Bertz CT molecular complexity index is 1110. The molecular weight excluding hydrogens is 404 g/mol. The number of amides is 1. The van der Waals surface area contributed by atoms with Crippen molar-refractivity contribution in [1.29, 1.82) is 0 Å². The molecule has 0 radical (unpaired) electrons. The van der Waals surface area contributed by atoms with E-state index in [0.717, 1.165) is 37.2 Å². The maximum atomic E-state index is 12.9. The molecule has 1 fully saturated rings. The maximum Gasteiger partial charge on any atom is 0.266 e. The predicted molar refractivity (Wildman–Crippen MR) is 120 cm³/mol. The standard InChI is InChI=1S/C21H24N4O2S2/c1-12-6-4-5-7-15(12)22-19(27)17-13(2)16-18(26)23-21(24-20(16)29-17)28-14-8-10-25(3)11-9-14/h4-7,14H,8-11H2,1-3H3,(H,22,27)(H,23,24,26). The van der Waals surface area contributed by atoms with Crippen LogP contribution in [0.15, 0.2) is 34.2 Å². The van der Waals surface area contributed by atoms with Crippen LogP contribution < -0.4 is 10.9 Å². The Balaban J connectivity index is 1.61. The quantitative estimate of drug-likeness (QED) is 0.613. The summed E-state index contributed by atoms with van der Waals surface area (Å²) in [6.45, 7) is 5.88. The number of nitrogens with one attached hydrogen (secondary N) is 2. The summed E-state index contributed by atoms with van der Waals surface area (Å²) in [6, 6.07) is 7.64. The number of benzene rings is 1. The number of aromatic nitrogens is 2. The average molecular weight is 429 g/mol. The second kappa shape index (κ2) is 8.30. The maximum absolute atomic E-state index is 12.9. The lowest BCUT2D eigenvalue weighted by Gasteiger charge is -2.27. The number of piperidine rings is 1. The normalized spacial score (nSPS) is 15.7. The second-order valence-electron chi connectivity index (χ2n) is 7.50. The van der Waals surface area contributed by atoms with Gasteiger partial charge in [-0.05, 0) is 64.0 Å². The first-order chi connectivity index (χ1) is 13.9. The van der Waals surface area contributed by atoms with E-state index in [1.54, 1.807) is 11.8 Å². The van der Waals surface area contributed by atoms with Crippen LogP contribution in [-0.2, 0) is 0 Å². The molecule has 0 bridgehead atoms. The lowest BCUT2D eigenvalue weighted by molar-refractivity contribution is 0.103. The van der Waals surface area contributed by atoms with Crippen LogP contribution in [0.3, 0.4) is 0 Å². The van der Waals surface area contributed by atoms with Gasteiger partial charge in [-0.15, -0.1) is 11.3 Å². The minimum atomic E-state index is -0.205. The van der Waals surface area contributed by atoms with E-state index in [-0.39, 0.29) is 11.5 Å². The first-order valence-electron chi connectivity index (χ1n) is 9.68. The molecule has 0 atom stereocenters. The highest BCUT2D eigenvalue weighted by Crippen LogP contribution is 2.32. The summed E-state index contributed by atoms with van der Waals surface area (Å²) in [5, 5.41) is 4.56. The van der Waals surface area contributed by atoms with Gasteiger partial charge in [-0.1, -0.05) is 30.0 Å². The Morgan fingerprint density at radius 3 is 2.72 bits per heavy atom. The minimum Gasteiger partial charge on any atom is -0.321 e. The van der Waals surface area contributed by atoms with E-state index in [9.17, 15) is 9.59 Å². The molecule has 8 heteroatoms. The van der Waals surface area contributed by atoms with Crippen LogP contribution in [0.25, 0.3) is 10.2 Å². The minimum absolute atomic E-state index is 0.172. The molecule has 2 aromatic heterocycles. The van der Waals surface area contributed by atoms with Crippen molar-refractivity contribution in [1.82, 2.24) is 14.9 Å². The molecule has 0 aliphatic carbocycles. The number of hydrogen-bond donors (Lipinski definition) is 2. The summed E-state index contributed by atoms with van der Waals surface area (Å²) < 4.78 is 0. The zero-order valence-electron chi connectivity index (χ0n) is 16.7. The number of para-hydroxylation sites is 1. The number of fused-ring (bicyclic) bond motifs is 1. The predicted octanol–water partition coefficient (Wildman–Crippen LogP) is 4.04. The third kappa shape index (κ3) is 4.24. The molecule has 1 amide bonds. The molecule has 1 aromatic carbocycles. The molecule has 0 spiro atoms. The number of thiophene rings is 1. The molecule has 1 aliphatic heterocycles. The number of carbonyl (C=O) groups excluding carboxylic acids is 1. The van der Waals surface area contributed by atoms with Crippen molar-refractivity contribution >= 4 is 44.9 Å². The number of nitrogens with zero attached hydrogens (tertiary/aromatic N) is 2. The Morgan fingerprint density at radius 1 is 1.28 bits per heavy atom. The molecule has 6 nitrogen and oxygen atoms in total. The van der Waals surface area contributed by atoms with Gasteiger partial charge in [0.25, 0.3) is 11.5 Å². The van der Waals surface area contributed by atoms with Crippen LogP contribution >= 0.6 is 23.1 Å². The number of H-pyrrole nitrogens is 1. The fourth-order valence-electron chi connectivity index (χ4n) is 3.55. The van der Waals surface area contributed by atoms with E-state index in [1.165, 1.54) is 11.3 Å². The zero-order chi connectivity index (χ0) is 20.5. The fourth-order valence-corrected chi connectivity index (χ4v) is 5.74. The Labute approximate surface area is 177 Å². The van der Waals surface area contributed by atoms with Crippen LogP contribution in [0.4, 0.5) is 5.69 Å². The number of likely N-dealkylation sites (tertiary alicyclic amines) is 1. The fraction of sp³-hybridized carbons (Fsp3) is 0.381. The van der Waals surface area contributed by atoms with Crippen LogP contribution in [0.1, 0.15) is 33.6 Å². The summed E-state index contributed by atoms with van der Waals surface area (Å²) in [5.74, 6) is -0.205. The topological polar surface area (TPSA) is 78.1 Å². The first-order valence-corrected chi connectivity index (χ1v) is 11.4. The van der Waals surface area contributed by atoms with Gasteiger partial charge < -0.3 is 15.2 Å². The van der Waals surface area contributed by atoms with Gasteiger partial charge in [-0.25, -0.2) is 4.98 Å². The van der Waals surface area contributed by atoms with Gasteiger partial charge in [0.15, 0.2) is 5.16 Å². The molecule has 1 saturated heterocycles. The number of carbonyl (C=O) groups is 1. The van der Waals surface area contributed by atoms with E-state index in [4.69, 9.17) is 0 Å². The number of rotatable bonds is 4. The van der Waals surface area contributed by atoms with E-state index in [2.05, 4.69) is 27.2 Å². The highest BCUT2D eigenvalue weighted by molar-refractivity contribution is 7.99. The number of anilines is 1. The number of aryl methyl sites for hydroxylation is 2. The second-order valence-corrected chi connectivity index (χ2v) is 9.79. The molecule has 0 unspecified atom stereocenters. The highest BCUT2D eigenvalue weighted by Gasteiger charge is 2.22.